The summed E-state index contributed by atoms with van der Waals surface area (Å²) in [4.78, 5) is 11.3. The Labute approximate surface area is 95.6 Å². The number of carbonyl (C=O) groups is 1. The van der Waals surface area contributed by atoms with E-state index in [-0.39, 0.29) is 6.61 Å². The van der Waals surface area contributed by atoms with Crippen molar-refractivity contribution in [2.24, 2.45) is 0 Å². The second kappa shape index (κ2) is 6.85. The number of hydrogen-bond donors (Lipinski definition) is 1. The Morgan fingerprint density at radius 2 is 2.19 bits per heavy atom. The number of anilines is 1. The summed E-state index contributed by atoms with van der Waals surface area (Å²) in [5, 5.41) is 2.66. The fourth-order valence-corrected chi connectivity index (χ4v) is 1.24. The van der Waals surface area contributed by atoms with Gasteiger partial charge >= 0.3 is 6.09 Å². The summed E-state index contributed by atoms with van der Waals surface area (Å²) < 4.78 is 9.66. The van der Waals surface area contributed by atoms with Crippen LogP contribution in [0.5, 0.6) is 0 Å². The van der Waals surface area contributed by atoms with Gasteiger partial charge in [-0.05, 0) is 24.1 Å². The Morgan fingerprint density at radius 1 is 1.38 bits per heavy atom. The van der Waals surface area contributed by atoms with Crippen molar-refractivity contribution in [2.45, 2.75) is 13.3 Å². The van der Waals surface area contributed by atoms with Crippen LogP contribution in [0, 0.1) is 0 Å². The van der Waals surface area contributed by atoms with Crippen LogP contribution in [0.4, 0.5) is 10.5 Å². The van der Waals surface area contributed by atoms with Crippen molar-refractivity contribution in [3.8, 4) is 0 Å². The van der Waals surface area contributed by atoms with Crippen LogP contribution in [0.25, 0.3) is 0 Å². The normalized spacial score (nSPS) is 9.88. The lowest BCUT2D eigenvalue weighted by molar-refractivity contribution is 0.107. The van der Waals surface area contributed by atoms with E-state index in [1.54, 1.807) is 7.11 Å². The molecule has 1 N–H and O–H groups in total. The van der Waals surface area contributed by atoms with Gasteiger partial charge in [0.1, 0.15) is 6.61 Å². The van der Waals surface area contributed by atoms with Crippen LogP contribution < -0.4 is 5.32 Å². The summed E-state index contributed by atoms with van der Waals surface area (Å²) in [5.74, 6) is 0. The lowest BCUT2D eigenvalue weighted by atomic mass is 10.1. The number of aryl methyl sites for hydroxylation is 1. The molecule has 1 rings (SSSR count). The predicted octanol–water partition coefficient (Wildman–Crippen LogP) is 2.44. The fourth-order valence-electron chi connectivity index (χ4n) is 1.24. The van der Waals surface area contributed by atoms with Gasteiger partial charge in [0.2, 0.25) is 0 Å². The Kier molecular flexibility index (Phi) is 5.36. The standard InChI is InChI=1S/C12H17NO3/c1-3-10-5-4-6-11(9-10)13-12(14)16-8-7-15-2/h4-6,9H,3,7-8H2,1-2H3,(H,13,14). The second-order valence-electron chi connectivity index (χ2n) is 3.31. The molecule has 0 bridgehead atoms. The highest BCUT2D eigenvalue weighted by Crippen LogP contribution is 2.11. The number of ether oxygens (including phenoxy) is 2. The highest BCUT2D eigenvalue weighted by molar-refractivity contribution is 5.84. The second-order valence-corrected chi connectivity index (χ2v) is 3.31. The van der Waals surface area contributed by atoms with Crippen LogP contribution >= 0.6 is 0 Å². The van der Waals surface area contributed by atoms with E-state index >= 15 is 0 Å². The molecule has 0 saturated carbocycles. The van der Waals surface area contributed by atoms with Gasteiger partial charge in [0, 0.05) is 12.8 Å². The molecule has 0 heterocycles. The number of nitrogens with one attached hydrogen (secondary N) is 1. The zero-order valence-electron chi connectivity index (χ0n) is 9.66. The summed E-state index contributed by atoms with van der Waals surface area (Å²) in [6.07, 6.45) is 0.485. The molecular weight excluding hydrogens is 206 g/mol. The van der Waals surface area contributed by atoms with Crippen molar-refractivity contribution in [3.63, 3.8) is 0 Å². The summed E-state index contributed by atoms with van der Waals surface area (Å²) >= 11 is 0. The number of amides is 1. The molecule has 0 radical (unpaired) electrons. The number of benzene rings is 1. The molecule has 88 valence electrons. The molecule has 4 heteroatoms. The largest absolute Gasteiger partial charge is 0.447 e. The molecule has 1 amide bonds. The average Bonchev–Trinajstić information content (AvgIpc) is 2.29. The van der Waals surface area contributed by atoms with Crippen LogP contribution in [0.1, 0.15) is 12.5 Å². The number of hydrogen-bond acceptors (Lipinski definition) is 3. The lowest BCUT2D eigenvalue weighted by Gasteiger charge is -2.07. The Morgan fingerprint density at radius 3 is 2.88 bits per heavy atom. The van der Waals surface area contributed by atoms with Crippen molar-refractivity contribution < 1.29 is 14.3 Å². The van der Waals surface area contributed by atoms with Crippen LogP contribution in [0.2, 0.25) is 0 Å². The summed E-state index contributed by atoms with van der Waals surface area (Å²) in [5.41, 5.74) is 1.93. The van der Waals surface area contributed by atoms with E-state index in [0.717, 1.165) is 12.1 Å². The quantitative estimate of drug-likeness (QED) is 0.780. The smallest absolute Gasteiger partial charge is 0.411 e. The van der Waals surface area contributed by atoms with E-state index in [2.05, 4.69) is 12.2 Å². The van der Waals surface area contributed by atoms with Crippen molar-refractivity contribution in [3.05, 3.63) is 29.8 Å². The van der Waals surface area contributed by atoms with Gasteiger partial charge in [-0.2, -0.15) is 0 Å². The van der Waals surface area contributed by atoms with Gasteiger partial charge in [0.15, 0.2) is 0 Å². The first kappa shape index (κ1) is 12.5. The van der Waals surface area contributed by atoms with Crippen LogP contribution in [-0.2, 0) is 15.9 Å². The molecule has 0 atom stereocenters. The lowest BCUT2D eigenvalue weighted by Crippen LogP contribution is -2.16. The van der Waals surface area contributed by atoms with Crippen LogP contribution in [0.3, 0.4) is 0 Å². The minimum atomic E-state index is -0.453. The summed E-state index contributed by atoms with van der Waals surface area (Å²) in [7, 11) is 1.56. The van der Waals surface area contributed by atoms with Gasteiger partial charge in [0.25, 0.3) is 0 Å². The molecule has 1 aromatic carbocycles. The van der Waals surface area contributed by atoms with Crippen molar-refractivity contribution in [1.82, 2.24) is 0 Å². The van der Waals surface area contributed by atoms with Crippen molar-refractivity contribution in [2.75, 3.05) is 25.6 Å². The number of methoxy groups -OCH3 is 1. The fraction of sp³-hybridized carbons (Fsp3) is 0.417. The van der Waals surface area contributed by atoms with E-state index < -0.39 is 6.09 Å². The maximum atomic E-state index is 11.3. The van der Waals surface area contributed by atoms with E-state index in [1.165, 1.54) is 5.56 Å². The Hall–Kier alpha value is -1.55. The number of carbonyl (C=O) groups excluding carboxylic acids is 1. The van der Waals surface area contributed by atoms with E-state index in [0.29, 0.717) is 6.61 Å². The Bertz CT molecular complexity index is 339. The molecule has 0 unspecified atom stereocenters. The third kappa shape index (κ3) is 4.31. The molecule has 4 nitrogen and oxygen atoms in total. The van der Waals surface area contributed by atoms with Crippen molar-refractivity contribution in [1.29, 1.82) is 0 Å². The highest BCUT2D eigenvalue weighted by Gasteiger charge is 2.02. The molecule has 0 aromatic heterocycles. The molecule has 0 aliphatic rings. The first-order valence-corrected chi connectivity index (χ1v) is 5.28. The molecule has 0 fully saturated rings. The van der Waals surface area contributed by atoms with Crippen LogP contribution in [-0.4, -0.2) is 26.4 Å². The molecule has 0 spiro atoms. The summed E-state index contributed by atoms with van der Waals surface area (Å²) in [6, 6.07) is 7.68. The van der Waals surface area contributed by atoms with E-state index in [1.807, 2.05) is 24.3 Å². The average molecular weight is 223 g/mol. The molecule has 1 aromatic rings. The molecule has 0 aliphatic carbocycles. The third-order valence-corrected chi connectivity index (χ3v) is 2.10. The van der Waals surface area contributed by atoms with Crippen LogP contribution in [0.15, 0.2) is 24.3 Å². The minimum Gasteiger partial charge on any atom is -0.447 e. The molecular formula is C12H17NO3. The van der Waals surface area contributed by atoms with E-state index in [9.17, 15) is 4.79 Å². The Balaban J connectivity index is 2.43. The molecule has 16 heavy (non-hydrogen) atoms. The summed E-state index contributed by atoms with van der Waals surface area (Å²) in [6.45, 7) is 2.73. The number of rotatable bonds is 5. The first-order chi connectivity index (χ1) is 7.76. The van der Waals surface area contributed by atoms with E-state index in [4.69, 9.17) is 9.47 Å². The first-order valence-electron chi connectivity index (χ1n) is 5.28. The van der Waals surface area contributed by atoms with Gasteiger partial charge < -0.3 is 9.47 Å². The molecule has 0 aliphatic heterocycles. The zero-order chi connectivity index (χ0) is 11.8. The third-order valence-electron chi connectivity index (χ3n) is 2.10. The highest BCUT2D eigenvalue weighted by atomic mass is 16.6. The van der Waals surface area contributed by atoms with Gasteiger partial charge in [-0.3, -0.25) is 5.32 Å². The van der Waals surface area contributed by atoms with Gasteiger partial charge in [0.05, 0.1) is 6.61 Å². The van der Waals surface area contributed by atoms with Gasteiger partial charge in [-0.1, -0.05) is 19.1 Å². The molecule has 0 saturated heterocycles. The van der Waals surface area contributed by atoms with Crippen molar-refractivity contribution >= 4 is 11.8 Å². The minimum absolute atomic E-state index is 0.260. The maximum absolute atomic E-state index is 11.3. The predicted molar refractivity (Wildman–Crippen MR) is 62.7 cm³/mol. The monoisotopic (exact) mass is 223 g/mol. The maximum Gasteiger partial charge on any atom is 0.411 e. The van der Waals surface area contributed by atoms with Gasteiger partial charge in [-0.15, -0.1) is 0 Å². The SMILES string of the molecule is CCc1cccc(NC(=O)OCCOC)c1. The van der Waals surface area contributed by atoms with Gasteiger partial charge in [-0.25, -0.2) is 4.79 Å². The topological polar surface area (TPSA) is 47.6 Å². The zero-order valence-corrected chi connectivity index (χ0v) is 9.66.